The molecule has 0 amide bonds. The van der Waals surface area contributed by atoms with Crippen molar-refractivity contribution in [2.45, 2.75) is 23.8 Å². The largest absolute Gasteiger partial charge is 0.508 e. The van der Waals surface area contributed by atoms with Crippen LogP contribution in [0.15, 0.2) is 46.5 Å². The fraction of sp³-hybridized carbons (Fsp3) is 0.312. The normalized spacial score (nSPS) is 12.0. The Balaban J connectivity index is 1.96. The number of methoxy groups -OCH3 is 1. The monoisotopic (exact) mass is 319 g/mol. The van der Waals surface area contributed by atoms with Crippen molar-refractivity contribution in [1.82, 2.24) is 0 Å². The highest BCUT2D eigenvalue weighted by atomic mass is 32.2. The van der Waals surface area contributed by atoms with Crippen LogP contribution in [0.1, 0.15) is 12.8 Å². The van der Waals surface area contributed by atoms with Gasteiger partial charge in [0.1, 0.15) is 11.8 Å². The second-order valence-corrected chi connectivity index (χ2v) is 5.97. The smallest absolute Gasteiger partial charge is 0.305 e. The van der Waals surface area contributed by atoms with E-state index in [0.717, 1.165) is 15.7 Å². The van der Waals surface area contributed by atoms with Crippen LogP contribution in [-0.4, -0.2) is 30.0 Å². The van der Waals surface area contributed by atoms with Crippen LogP contribution in [0.3, 0.4) is 0 Å². The van der Waals surface area contributed by atoms with Gasteiger partial charge < -0.3 is 9.84 Å². The predicted molar refractivity (Wildman–Crippen MR) is 87.2 cm³/mol. The number of aromatic hydroxyl groups is 1. The van der Waals surface area contributed by atoms with E-state index in [0.29, 0.717) is 12.2 Å². The topological polar surface area (TPSA) is 76.0 Å². The van der Waals surface area contributed by atoms with Gasteiger partial charge in [0.2, 0.25) is 0 Å². The molecule has 116 valence electrons. The number of rotatable bonds is 7. The summed E-state index contributed by atoms with van der Waals surface area (Å²) in [4.78, 5) is 22.9. The first-order valence-electron chi connectivity index (χ1n) is 6.87. The zero-order chi connectivity index (χ0) is 15.9. The van der Waals surface area contributed by atoms with Crippen molar-refractivity contribution in [2.24, 2.45) is 5.18 Å². The lowest BCUT2D eigenvalue weighted by Gasteiger charge is -2.09. The lowest BCUT2D eigenvalue weighted by molar-refractivity contribution is -0.140. The summed E-state index contributed by atoms with van der Waals surface area (Å²) in [6.07, 6.45) is 0.592. The van der Waals surface area contributed by atoms with Gasteiger partial charge >= 0.3 is 5.97 Å². The van der Waals surface area contributed by atoms with Gasteiger partial charge in [-0.05, 0) is 41.5 Å². The number of thioether (sulfide) groups is 1. The fourth-order valence-electron chi connectivity index (χ4n) is 2.05. The van der Waals surface area contributed by atoms with Gasteiger partial charge in [-0.1, -0.05) is 17.3 Å². The number of phenols is 1. The molecule has 1 unspecified atom stereocenters. The van der Waals surface area contributed by atoms with E-state index in [1.54, 1.807) is 12.1 Å². The molecular weight excluding hydrogens is 302 g/mol. The minimum atomic E-state index is -0.417. The lowest BCUT2D eigenvalue weighted by Crippen LogP contribution is -2.11. The molecule has 2 rings (SSSR count). The minimum Gasteiger partial charge on any atom is -0.508 e. The molecule has 0 aliphatic rings. The molecule has 2 aromatic carbocycles. The van der Waals surface area contributed by atoms with E-state index in [9.17, 15) is 14.8 Å². The molecule has 0 radical (unpaired) electrons. The van der Waals surface area contributed by atoms with E-state index in [1.165, 1.54) is 18.9 Å². The Kier molecular flexibility index (Phi) is 5.77. The summed E-state index contributed by atoms with van der Waals surface area (Å²) in [5, 5.41) is 14.5. The number of fused-ring (bicyclic) bond motifs is 1. The van der Waals surface area contributed by atoms with Gasteiger partial charge in [0.15, 0.2) is 0 Å². The third-order valence-corrected chi connectivity index (χ3v) is 4.43. The molecule has 0 saturated carbocycles. The summed E-state index contributed by atoms with van der Waals surface area (Å²) in [7, 11) is 1.33. The van der Waals surface area contributed by atoms with Crippen LogP contribution in [0.4, 0.5) is 0 Å². The Morgan fingerprint density at radius 1 is 1.27 bits per heavy atom. The van der Waals surface area contributed by atoms with Gasteiger partial charge in [-0.15, -0.1) is 11.8 Å². The maximum atomic E-state index is 11.1. The quantitative estimate of drug-likeness (QED) is 0.478. The van der Waals surface area contributed by atoms with Gasteiger partial charge in [0, 0.05) is 17.1 Å². The van der Waals surface area contributed by atoms with E-state index in [-0.39, 0.29) is 18.1 Å². The molecule has 0 heterocycles. The summed E-state index contributed by atoms with van der Waals surface area (Å²) in [6, 6.07) is 10.6. The molecule has 1 atom stereocenters. The first-order valence-corrected chi connectivity index (χ1v) is 7.86. The number of nitrogens with zero attached hydrogens (tertiary/aromatic N) is 1. The molecular formula is C16H17NO4S. The Morgan fingerprint density at radius 2 is 2.00 bits per heavy atom. The van der Waals surface area contributed by atoms with Crippen molar-refractivity contribution in [2.75, 3.05) is 12.9 Å². The number of nitroso groups, excluding NO2 is 1. The molecule has 6 heteroatoms. The zero-order valence-corrected chi connectivity index (χ0v) is 13.0. The molecule has 0 aliphatic heterocycles. The molecule has 0 spiro atoms. The van der Waals surface area contributed by atoms with Gasteiger partial charge in [-0.2, -0.15) is 4.91 Å². The highest BCUT2D eigenvalue weighted by Crippen LogP contribution is 2.27. The van der Waals surface area contributed by atoms with E-state index >= 15 is 0 Å². The number of carbonyl (C=O) groups excluding carboxylic acids is 1. The Bertz CT molecular complexity index is 674. The Morgan fingerprint density at radius 3 is 2.73 bits per heavy atom. The molecule has 0 aliphatic carbocycles. The molecule has 0 bridgehead atoms. The predicted octanol–water partition coefficient (Wildman–Crippen LogP) is 3.73. The van der Waals surface area contributed by atoms with Gasteiger partial charge in [0.05, 0.1) is 7.11 Å². The van der Waals surface area contributed by atoms with Gasteiger partial charge in [-0.3, -0.25) is 4.79 Å². The minimum absolute atomic E-state index is 0.199. The Hall–Kier alpha value is -2.08. The third kappa shape index (κ3) is 4.46. The maximum Gasteiger partial charge on any atom is 0.305 e. The number of hydrogen-bond acceptors (Lipinski definition) is 6. The van der Waals surface area contributed by atoms with Crippen LogP contribution in [0.5, 0.6) is 5.75 Å². The highest BCUT2D eigenvalue weighted by Gasteiger charge is 2.12. The van der Waals surface area contributed by atoms with E-state index in [4.69, 9.17) is 0 Å². The number of hydrogen-bond donors (Lipinski definition) is 1. The number of benzene rings is 2. The molecule has 5 nitrogen and oxygen atoms in total. The standard InChI is InChI=1S/C16H17NO4S/c1-21-16(19)7-4-13(17-20)10-22-15-6-3-11-8-14(18)5-2-12(11)9-15/h2-3,5-6,8-9,13,18H,4,7,10H2,1H3. The van der Waals surface area contributed by atoms with Crippen molar-refractivity contribution in [3.8, 4) is 5.75 Å². The van der Waals surface area contributed by atoms with Crippen LogP contribution in [0.25, 0.3) is 10.8 Å². The van der Waals surface area contributed by atoms with Crippen molar-refractivity contribution in [1.29, 1.82) is 0 Å². The van der Waals surface area contributed by atoms with Gasteiger partial charge in [-0.25, -0.2) is 0 Å². The summed E-state index contributed by atoms with van der Waals surface area (Å²) >= 11 is 1.52. The number of esters is 1. The number of carbonyl (C=O) groups is 1. The van der Waals surface area contributed by atoms with Crippen LogP contribution in [-0.2, 0) is 9.53 Å². The molecule has 22 heavy (non-hydrogen) atoms. The first-order chi connectivity index (χ1) is 10.6. The van der Waals surface area contributed by atoms with Crippen molar-refractivity contribution in [3.63, 3.8) is 0 Å². The molecule has 2 aromatic rings. The summed E-state index contributed by atoms with van der Waals surface area (Å²) in [5.41, 5.74) is 0. The van der Waals surface area contributed by atoms with Gasteiger partial charge in [0.25, 0.3) is 0 Å². The fourth-order valence-corrected chi connectivity index (χ4v) is 3.03. The van der Waals surface area contributed by atoms with E-state index in [1.807, 2.05) is 24.3 Å². The summed E-state index contributed by atoms with van der Waals surface area (Å²) in [5.74, 6) is 0.425. The van der Waals surface area contributed by atoms with Crippen molar-refractivity contribution < 1.29 is 14.6 Å². The Labute approximate surface area is 132 Å². The van der Waals surface area contributed by atoms with E-state index in [2.05, 4.69) is 9.91 Å². The third-order valence-electron chi connectivity index (χ3n) is 3.30. The summed E-state index contributed by atoms with van der Waals surface area (Å²) < 4.78 is 4.56. The molecule has 0 saturated heterocycles. The number of ether oxygens (including phenoxy) is 1. The average Bonchev–Trinajstić information content (AvgIpc) is 2.54. The molecule has 1 N–H and O–H groups in total. The SMILES string of the molecule is COC(=O)CCC(CSc1ccc2cc(O)ccc2c1)N=O. The average molecular weight is 319 g/mol. The first kappa shape index (κ1) is 16.3. The lowest BCUT2D eigenvalue weighted by atomic mass is 10.1. The van der Waals surface area contributed by atoms with Crippen molar-refractivity contribution in [3.05, 3.63) is 41.3 Å². The zero-order valence-electron chi connectivity index (χ0n) is 12.2. The number of phenolic OH excluding ortho intramolecular Hbond substituents is 1. The maximum absolute atomic E-state index is 11.1. The van der Waals surface area contributed by atoms with Crippen LogP contribution in [0, 0.1) is 4.91 Å². The second kappa shape index (κ2) is 7.79. The second-order valence-electron chi connectivity index (χ2n) is 4.88. The van der Waals surface area contributed by atoms with Crippen molar-refractivity contribution >= 4 is 28.5 Å². The highest BCUT2D eigenvalue weighted by molar-refractivity contribution is 7.99. The molecule has 0 fully saturated rings. The van der Waals surface area contributed by atoms with Crippen LogP contribution in [0.2, 0.25) is 0 Å². The van der Waals surface area contributed by atoms with Crippen LogP contribution < -0.4 is 0 Å². The molecule has 0 aromatic heterocycles. The summed E-state index contributed by atoms with van der Waals surface area (Å²) in [6.45, 7) is 0. The van der Waals surface area contributed by atoms with Crippen LogP contribution >= 0.6 is 11.8 Å². The van der Waals surface area contributed by atoms with E-state index < -0.39 is 6.04 Å².